The zero-order valence-electron chi connectivity index (χ0n) is 31.1. The quantitative estimate of drug-likeness (QED) is 0.191. The van der Waals surface area contributed by atoms with Crippen LogP contribution in [-0.2, 0) is 0 Å². The van der Waals surface area contributed by atoms with E-state index in [1.807, 2.05) is 30.6 Å². The second-order valence-electron chi connectivity index (χ2n) is 14.8. The number of hydrogen-bond donors (Lipinski definition) is 1. The Labute approximate surface area is 332 Å². The molecule has 270 valence electrons. The van der Waals surface area contributed by atoms with Crippen LogP contribution in [0.4, 0.5) is 0 Å². The molecule has 6 aromatic carbocycles. The molecule has 0 aliphatic heterocycles. The first kappa shape index (κ1) is 32.3. The number of aromatic nitrogens is 6. The number of H-pyrrole nitrogens is 1. The van der Waals surface area contributed by atoms with Crippen LogP contribution >= 0.6 is 0 Å². The molecular weight excluding hydrogens is 709 g/mol. The summed E-state index contributed by atoms with van der Waals surface area (Å²) in [6, 6.07) is 55.1. The predicted octanol–water partition coefficient (Wildman–Crippen LogP) is 13.0. The van der Waals surface area contributed by atoms with Gasteiger partial charge in [0.1, 0.15) is 0 Å². The van der Waals surface area contributed by atoms with E-state index in [1.165, 1.54) is 0 Å². The van der Waals surface area contributed by atoms with Gasteiger partial charge in [0.25, 0.3) is 0 Å². The van der Waals surface area contributed by atoms with Gasteiger partial charge in [-0.05, 0) is 52.6 Å². The molecule has 0 saturated heterocycles. The number of rotatable bonds is 5. The minimum absolute atomic E-state index is 0.802. The van der Waals surface area contributed by atoms with Crippen molar-refractivity contribution in [3.8, 4) is 50.7 Å². The summed E-state index contributed by atoms with van der Waals surface area (Å²) in [5.74, 6) is 0. The molecule has 0 atom stereocenters. The summed E-state index contributed by atoms with van der Waals surface area (Å²) in [7, 11) is 0. The highest BCUT2D eigenvalue weighted by Gasteiger charge is 2.26. The highest BCUT2D eigenvalue weighted by atomic mass is 15.0. The predicted molar refractivity (Wildman–Crippen MR) is 238 cm³/mol. The van der Waals surface area contributed by atoms with Gasteiger partial charge in [-0.25, -0.2) is 9.97 Å². The summed E-state index contributed by atoms with van der Waals surface area (Å²) in [5, 5.41) is 9.80. The Morgan fingerprint density at radius 1 is 0.466 bits per heavy atom. The molecule has 0 saturated carbocycles. The van der Waals surface area contributed by atoms with Crippen LogP contribution in [-0.4, -0.2) is 29.5 Å². The summed E-state index contributed by atoms with van der Waals surface area (Å²) >= 11 is 0. The van der Waals surface area contributed by atoms with Gasteiger partial charge in [-0.1, -0.05) is 121 Å². The van der Waals surface area contributed by atoms with Crippen LogP contribution in [0.15, 0.2) is 189 Å². The van der Waals surface area contributed by atoms with Crippen molar-refractivity contribution in [2.24, 2.45) is 0 Å². The van der Waals surface area contributed by atoms with Crippen LogP contribution in [0.3, 0.4) is 0 Å². The van der Waals surface area contributed by atoms with Crippen LogP contribution in [0.5, 0.6) is 0 Å². The molecule has 12 rings (SSSR count). The average Bonchev–Trinajstić information content (AvgIpc) is 3.92. The van der Waals surface area contributed by atoms with E-state index in [9.17, 15) is 0 Å². The maximum atomic E-state index is 5.75. The van der Waals surface area contributed by atoms with E-state index in [0.717, 1.165) is 116 Å². The number of aromatic amines is 1. The first-order valence-electron chi connectivity index (χ1n) is 19.4. The highest BCUT2D eigenvalue weighted by molar-refractivity contribution is 6.17. The van der Waals surface area contributed by atoms with E-state index in [-0.39, 0.29) is 0 Å². The number of benzene rings is 6. The van der Waals surface area contributed by atoms with Crippen molar-refractivity contribution in [2.45, 2.75) is 0 Å². The van der Waals surface area contributed by atoms with Gasteiger partial charge in [0, 0.05) is 85.6 Å². The van der Waals surface area contributed by atoms with Gasteiger partial charge in [-0.15, -0.1) is 0 Å². The summed E-state index contributed by atoms with van der Waals surface area (Å²) in [5.41, 5.74) is 11.2. The third-order valence-electron chi connectivity index (χ3n) is 11.4. The molecule has 6 heterocycles. The molecule has 1 N–H and O–H groups in total. The van der Waals surface area contributed by atoms with E-state index >= 15 is 0 Å². The molecule has 58 heavy (non-hydrogen) atoms. The van der Waals surface area contributed by atoms with E-state index in [2.05, 4.69) is 168 Å². The van der Waals surface area contributed by atoms with Crippen molar-refractivity contribution in [3.05, 3.63) is 189 Å². The van der Waals surface area contributed by atoms with Gasteiger partial charge in [-0.2, -0.15) is 0 Å². The monoisotopic (exact) mass is 740 g/mol. The van der Waals surface area contributed by atoms with Crippen LogP contribution < -0.4 is 0 Å². The summed E-state index contributed by atoms with van der Waals surface area (Å²) in [6.45, 7) is 0. The maximum Gasteiger partial charge on any atom is 0.0826 e. The lowest BCUT2D eigenvalue weighted by molar-refractivity contribution is 1.10. The van der Waals surface area contributed by atoms with Crippen LogP contribution in [0.25, 0.3) is 116 Å². The van der Waals surface area contributed by atoms with Crippen LogP contribution in [0.2, 0.25) is 0 Å². The Kier molecular flexibility index (Phi) is 7.13. The highest BCUT2D eigenvalue weighted by Crippen LogP contribution is 2.48. The van der Waals surface area contributed by atoms with Crippen LogP contribution in [0, 0.1) is 0 Å². The number of fused-ring (bicyclic) bond motifs is 6. The SMILES string of the molecule is c1ccc2cn(-c3c(-c4[nH]cc5ccccc45)ccc4c(-c5ccnc6ccccc56)nc(-c5cnc6ccccc6c5)c(-c5ccc6ccccc6n5)c34)cc2c1. The topological polar surface area (TPSA) is 72.3 Å². The molecular formula is C52H32N6. The van der Waals surface area contributed by atoms with Crippen molar-refractivity contribution in [2.75, 3.05) is 0 Å². The lowest BCUT2D eigenvalue weighted by Crippen LogP contribution is -2.04. The molecule has 6 heteroatoms. The van der Waals surface area contributed by atoms with Gasteiger partial charge in [0.15, 0.2) is 0 Å². The summed E-state index contributed by atoms with van der Waals surface area (Å²) < 4.78 is 2.30. The zero-order chi connectivity index (χ0) is 38.2. The summed E-state index contributed by atoms with van der Waals surface area (Å²) in [6.07, 6.45) is 10.4. The molecule has 0 aliphatic carbocycles. The smallest absolute Gasteiger partial charge is 0.0826 e. The van der Waals surface area contributed by atoms with Gasteiger partial charge in [0.05, 0.1) is 45.0 Å². The van der Waals surface area contributed by atoms with E-state index in [4.69, 9.17) is 19.9 Å². The number of pyridine rings is 4. The lowest BCUT2D eigenvalue weighted by Gasteiger charge is -2.22. The van der Waals surface area contributed by atoms with Gasteiger partial charge in [0.2, 0.25) is 0 Å². The van der Waals surface area contributed by atoms with E-state index in [1.54, 1.807) is 0 Å². The minimum atomic E-state index is 0.802. The zero-order valence-corrected chi connectivity index (χ0v) is 31.1. The Hall–Kier alpha value is -7.96. The third-order valence-corrected chi connectivity index (χ3v) is 11.4. The fraction of sp³-hybridized carbons (Fsp3) is 0. The first-order valence-corrected chi connectivity index (χ1v) is 19.4. The van der Waals surface area contributed by atoms with Crippen molar-refractivity contribution in [3.63, 3.8) is 0 Å². The Bertz CT molecular complexity index is 3560. The maximum absolute atomic E-state index is 5.75. The third kappa shape index (κ3) is 5.05. The van der Waals surface area contributed by atoms with Crippen LogP contribution in [0.1, 0.15) is 0 Å². The number of para-hydroxylation sites is 3. The standard InChI is InChI=1S/C52H32N6/c1-2-15-36-31-58(30-35(36)14-1)52-42(50-38-16-6-3-13-34(38)28-55-50)23-22-41-47(52)48(46-24-21-32-11-4-9-19-44(32)56-46)49(37-27-33-12-5-8-18-43(33)54-29-37)57-51(41)40-25-26-53-45-20-10-7-17-39(40)45/h1-31,55H. The molecule has 0 aliphatic rings. The number of nitrogens with zero attached hydrogens (tertiary/aromatic N) is 5. The molecule has 6 aromatic heterocycles. The van der Waals surface area contributed by atoms with Gasteiger partial charge in [-0.3, -0.25) is 9.97 Å². The Balaban J connectivity index is 1.32. The molecule has 6 nitrogen and oxygen atoms in total. The molecule has 0 amide bonds. The molecule has 12 aromatic rings. The Morgan fingerprint density at radius 3 is 1.98 bits per heavy atom. The normalized spacial score (nSPS) is 11.8. The first-order chi connectivity index (χ1) is 28.7. The average molecular weight is 741 g/mol. The second-order valence-corrected chi connectivity index (χ2v) is 14.8. The van der Waals surface area contributed by atoms with Crippen molar-refractivity contribution in [1.29, 1.82) is 0 Å². The Morgan fingerprint density at radius 2 is 1.16 bits per heavy atom. The molecule has 0 spiro atoms. The second kappa shape index (κ2) is 12.8. The molecule has 0 fully saturated rings. The fourth-order valence-electron chi connectivity index (χ4n) is 8.74. The fourth-order valence-corrected chi connectivity index (χ4v) is 8.74. The van der Waals surface area contributed by atoms with Gasteiger partial charge >= 0.3 is 0 Å². The molecule has 0 radical (unpaired) electrons. The molecule has 0 unspecified atom stereocenters. The minimum Gasteiger partial charge on any atom is -0.360 e. The number of hydrogen-bond acceptors (Lipinski definition) is 4. The van der Waals surface area contributed by atoms with E-state index < -0.39 is 0 Å². The van der Waals surface area contributed by atoms with Crippen molar-refractivity contribution < 1.29 is 0 Å². The summed E-state index contributed by atoms with van der Waals surface area (Å²) in [4.78, 5) is 24.6. The molecule has 0 bridgehead atoms. The number of nitrogens with one attached hydrogen (secondary N) is 1. The van der Waals surface area contributed by atoms with Gasteiger partial charge < -0.3 is 9.55 Å². The van der Waals surface area contributed by atoms with Crippen molar-refractivity contribution in [1.82, 2.24) is 29.5 Å². The lowest BCUT2D eigenvalue weighted by atomic mass is 9.89. The largest absolute Gasteiger partial charge is 0.360 e. The van der Waals surface area contributed by atoms with Crippen molar-refractivity contribution >= 4 is 65.0 Å². The van der Waals surface area contributed by atoms with E-state index in [0.29, 0.717) is 0 Å².